The minimum atomic E-state index is -4.20. The van der Waals surface area contributed by atoms with Crippen LogP contribution in [0.3, 0.4) is 0 Å². The van der Waals surface area contributed by atoms with Gasteiger partial charge in [-0.2, -0.15) is 0 Å². The molecule has 0 fully saturated rings. The van der Waals surface area contributed by atoms with Gasteiger partial charge < -0.3 is 5.73 Å². The lowest BCUT2D eigenvalue weighted by Crippen LogP contribution is -2.18. The van der Waals surface area contributed by atoms with Gasteiger partial charge in [-0.05, 0) is 37.1 Å². The quantitative estimate of drug-likeness (QED) is 0.856. The summed E-state index contributed by atoms with van der Waals surface area (Å²) in [6, 6.07) is 6.33. The van der Waals surface area contributed by atoms with Crippen molar-refractivity contribution in [3.05, 3.63) is 53.1 Å². The summed E-state index contributed by atoms with van der Waals surface area (Å²) >= 11 is 0. The van der Waals surface area contributed by atoms with Gasteiger partial charge in [0.1, 0.15) is 22.2 Å². The fraction of sp³-hybridized carbons (Fsp3) is 0.143. The van der Waals surface area contributed by atoms with E-state index in [2.05, 4.69) is 0 Å². The van der Waals surface area contributed by atoms with Crippen molar-refractivity contribution in [2.45, 2.75) is 18.7 Å². The molecule has 4 nitrogen and oxygen atoms in total. The Bertz CT molecular complexity index is 785. The highest BCUT2D eigenvalue weighted by Gasteiger charge is 2.24. The highest BCUT2D eigenvalue weighted by atomic mass is 32.2. The molecule has 0 aromatic heterocycles. The van der Waals surface area contributed by atoms with Gasteiger partial charge in [0.05, 0.1) is 5.69 Å². The smallest absolute Gasteiger partial charge is 0.264 e. The first-order valence-corrected chi connectivity index (χ1v) is 7.55. The number of rotatable bonds is 3. The molecule has 0 atom stereocenters. The third-order valence-corrected chi connectivity index (χ3v) is 4.63. The van der Waals surface area contributed by atoms with Crippen molar-refractivity contribution in [3.8, 4) is 0 Å². The Balaban J connectivity index is 2.57. The summed E-state index contributed by atoms with van der Waals surface area (Å²) in [6.07, 6.45) is 0. The summed E-state index contributed by atoms with van der Waals surface area (Å²) < 4.78 is 53.8. The number of aryl methyl sites for hydroxylation is 2. The first-order chi connectivity index (χ1) is 9.74. The zero-order valence-electron chi connectivity index (χ0n) is 11.4. The summed E-state index contributed by atoms with van der Waals surface area (Å²) in [4.78, 5) is -0.176. The monoisotopic (exact) mass is 312 g/mol. The van der Waals surface area contributed by atoms with Crippen molar-refractivity contribution in [2.24, 2.45) is 0 Å². The van der Waals surface area contributed by atoms with Crippen LogP contribution in [0.15, 0.2) is 35.2 Å². The fourth-order valence-corrected chi connectivity index (χ4v) is 3.45. The van der Waals surface area contributed by atoms with Crippen molar-refractivity contribution in [1.29, 1.82) is 0 Å². The molecule has 0 saturated carbocycles. The van der Waals surface area contributed by atoms with Crippen LogP contribution in [0.1, 0.15) is 11.1 Å². The number of nitrogens with two attached hydrogens (primary N) is 1. The Kier molecular flexibility index (Phi) is 3.87. The molecule has 0 amide bonds. The third-order valence-electron chi connectivity index (χ3n) is 3.08. The summed E-state index contributed by atoms with van der Waals surface area (Å²) in [6.45, 7) is 3.21. The average Bonchev–Trinajstić information content (AvgIpc) is 2.39. The first-order valence-electron chi connectivity index (χ1n) is 6.06. The molecule has 0 aliphatic carbocycles. The maximum atomic E-state index is 13.6. The van der Waals surface area contributed by atoms with Crippen molar-refractivity contribution in [2.75, 3.05) is 10.5 Å². The Morgan fingerprint density at radius 3 is 2.10 bits per heavy atom. The van der Waals surface area contributed by atoms with Crippen LogP contribution < -0.4 is 10.5 Å². The summed E-state index contributed by atoms with van der Waals surface area (Å²) in [7, 11) is -4.20. The van der Waals surface area contributed by atoms with Gasteiger partial charge in [0, 0.05) is 0 Å². The van der Waals surface area contributed by atoms with Crippen LogP contribution in [0.25, 0.3) is 0 Å². The standard InChI is InChI=1S/C14H14F2N2O2S/c1-8-6-7-9(2)14(12(8)17)21(19,20)18-13-10(15)4-3-5-11(13)16/h3-7,18H,17H2,1-2H3. The second kappa shape index (κ2) is 5.33. The molecule has 2 aromatic rings. The van der Waals surface area contributed by atoms with E-state index < -0.39 is 27.3 Å². The van der Waals surface area contributed by atoms with Crippen LogP contribution in [0.4, 0.5) is 20.2 Å². The van der Waals surface area contributed by atoms with E-state index in [1.165, 1.54) is 0 Å². The fourth-order valence-electron chi connectivity index (χ4n) is 1.94. The molecule has 7 heteroatoms. The normalized spacial score (nSPS) is 11.4. The zero-order valence-corrected chi connectivity index (χ0v) is 12.3. The van der Waals surface area contributed by atoms with Crippen molar-refractivity contribution in [3.63, 3.8) is 0 Å². The Morgan fingerprint density at radius 1 is 1.00 bits per heavy atom. The van der Waals surface area contributed by atoms with E-state index in [0.29, 0.717) is 11.1 Å². The van der Waals surface area contributed by atoms with E-state index in [1.807, 2.05) is 4.72 Å². The lowest BCUT2D eigenvalue weighted by atomic mass is 10.1. The maximum Gasteiger partial charge on any atom is 0.264 e. The molecule has 0 radical (unpaired) electrons. The topological polar surface area (TPSA) is 72.2 Å². The minimum Gasteiger partial charge on any atom is -0.397 e. The van der Waals surface area contributed by atoms with E-state index in [9.17, 15) is 17.2 Å². The molecule has 0 bridgehead atoms. The van der Waals surface area contributed by atoms with Gasteiger partial charge in [-0.15, -0.1) is 0 Å². The number of para-hydroxylation sites is 1. The van der Waals surface area contributed by atoms with Gasteiger partial charge in [0.2, 0.25) is 0 Å². The van der Waals surface area contributed by atoms with Crippen LogP contribution >= 0.6 is 0 Å². The molecule has 0 aliphatic rings. The molecular weight excluding hydrogens is 298 g/mol. The lowest BCUT2D eigenvalue weighted by molar-refractivity contribution is 0.583. The third kappa shape index (κ3) is 2.82. The Labute approximate surface area is 121 Å². The van der Waals surface area contributed by atoms with Gasteiger partial charge in [-0.25, -0.2) is 17.2 Å². The van der Waals surface area contributed by atoms with Crippen LogP contribution in [-0.2, 0) is 10.0 Å². The second-order valence-corrected chi connectivity index (χ2v) is 6.26. The molecule has 2 aromatic carbocycles. The number of benzene rings is 2. The lowest BCUT2D eigenvalue weighted by Gasteiger charge is -2.15. The molecule has 112 valence electrons. The van der Waals surface area contributed by atoms with E-state index in [1.54, 1.807) is 26.0 Å². The van der Waals surface area contributed by atoms with Crippen LogP contribution in [0, 0.1) is 25.5 Å². The largest absolute Gasteiger partial charge is 0.397 e. The van der Waals surface area contributed by atoms with E-state index in [4.69, 9.17) is 5.73 Å². The Hall–Kier alpha value is -2.15. The summed E-state index contributed by atoms with van der Waals surface area (Å²) in [5.41, 5.74) is 6.08. The molecule has 0 heterocycles. The minimum absolute atomic E-state index is 0.0549. The number of hydrogen-bond donors (Lipinski definition) is 2. The SMILES string of the molecule is Cc1ccc(C)c(S(=O)(=O)Nc2c(F)cccc2F)c1N. The number of halogens is 2. The van der Waals surface area contributed by atoms with Gasteiger partial charge in [-0.1, -0.05) is 18.2 Å². The average molecular weight is 312 g/mol. The van der Waals surface area contributed by atoms with Gasteiger partial charge in [0.25, 0.3) is 10.0 Å². The highest BCUT2D eigenvalue weighted by molar-refractivity contribution is 7.93. The predicted molar refractivity (Wildman–Crippen MR) is 77.5 cm³/mol. The van der Waals surface area contributed by atoms with Gasteiger partial charge in [-0.3, -0.25) is 4.72 Å². The molecule has 0 spiro atoms. The predicted octanol–water partition coefficient (Wildman–Crippen LogP) is 2.96. The first kappa shape index (κ1) is 15.2. The molecule has 0 saturated heterocycles. The van der Waals surface area contributed by atoms with Crippen LogP contribution in [-0.4, -0.2) is 8.42 Å². The summed E-state index contributed by atoms with van der Waals surface area (Å²) in [5.74, 6) is -2.00. The molecular formula is C14H14F2N2O2S. The molecule has 0 unspecified atom stereocenters. The number of sulfonamides is 1. The molecule has 0 aliphatic heterocycles. The highest BCUT2D eigenvalue weighted by Crippen LogP contribution is 2.29. The molecule has 21 heavy (non-hydrogen) atoms. The number of nitrogens with one attached hydrogen (secondary N) is 1. The van der Waals surface area contributed by atoms with Gasteiger partial charge in [0.15, 0.2) is 0 Å². The second-order valence-electron chi connectivity index (χ2n) is 4.64. The number of nitrogen functional groups attached to an aromatic ring is 1. The van der Waals surface area contributed by atoms with Crippen LogP contribution in [0.2, 0.25) is 0 Å². The zero-order chi connectivity index (χ0) is 15.8. The van der Waals surface area contributed by atoms with E-state index >= 15 is 0 Å². The Morgan fingerprint density at radius 2 is 1.52 bits per heavy atom. The maximum absolute atomic E-state index is 13.6. The molecule has 2 rings (SSSR count). The summed E-state index contributed by atoms with van der Waals surface area (Å²) in [5, 5.41) is 0. The number of anilines is 2. The van der Waals surface area contributed by atoms with Crippen molar-refractivity contribution in [1.82, 2.24) is 0 Å². The number of hydrogen-bond acceptors (Lipinski definition) is 3. The van der Waals surface area contributed by atoms with E-state index in [0.717, 1.165) is 18.2 Å². The van der Waals surface area contributed by atoms with Gasteiger partial charge >= 0.3 is 0 Å². The van der Waals surface area contributed by atoms with Crippen molar-refractivity contribution < 1.29 is 17.2 Å². The molecule has 3 N–H and O–H groups in total. The van der Waals surface area contributed by atoms with Crippen LogP contribution in [0.5, 0.6) is 0 Å². The van der Waals surface area contributed by atoms with Crippen molar-refractivity contribution >= 4 is 21.4 Å². The van der Waals surface area contributed by atoms with E-state index in [-0.39, 0.29) is 10.6 Å².